The Morgan fingerprint density at radius 3 is 2.53 bits per heavy atom. The second-order valence-corrected chi connectivity index (χ2v) is 9.95. The number of hydrogen-bond acceptors (Lipinski definition) is 6. The number of nitrogens with zero attached hydrogens (tertiary/aromatic N) is 3. The highest BCUT2D eigenvalue weighted by Gasteiger charge is 2.33. The van der Waals surface area contributed by atoms with E-state index in [0.29, 0.717) is 30.0 Å². The van der Waals surface area contributed by atoms with Crippen LogP contribution in [0.3, 0.4) is 0 Å². The summed E-state index contributed by atoms with van der Waals surface area (Å²) in [5.74, 6) is -0.289. The van der Waals surface area contributed by atoms with Crippen molar-refractivity contribution in [3.05, 3.63) is 89.0 Å². The van der Waals surface area contributed by atoms with Crippen LogP contribution in [0.15, 0.2) is 66.7 Å². The summed E-state index contributed by atoms with van der Waals surface area (Å²) in [5.41, 5.74) is 5.68. The maximum atomic E-state index is 13.0. The summed E-state index contributed by atoms with van der Waals surface area (Å²) in [5, 5.41) is 15.9. The third-order valence-corrected chi connectivity index (χ3v) is 7.71. The highest BCUT2D eigenvalue weighted by Crippen LogP contribution is 2.39. The van der Waals surface area contributed by atoms with E-state index in [1.54, 1.807) is 6.07 Å². The summed E-state index contributed by atoms with van der Waals surface area (Å²) in [7, 11) is 0. The van der Waals surface area contributed by atoms with Crippen LogP contribution in [-0.4, -0.2) is 56.1 Å². The molecule has 2 amide bonds. The van der Waals surface area contributed by atoms with Crippen molar-refractivity contribution in [2.75, 3.05) is 54.9 Å². The molecule has 3 aliphatic heterocycles. The molecule has 2 atom stereocenters. The number of nitrogens with one attached hydrogen (secondary N) is 2. The average molecular weight is 508 g/mol. The van der Waals surface area contributed by atoms with Gasteiger partial charge in [-0.25, -0.2) is 0 Å². The van der Waals surface area contributed by atoms with E-state index in [-0.39, 0.29) is 23.8 Å². The minimum atomic E-state index is -0.141. The maximum Gasteiger partial charge on any atom is 0.256 e. The lowest BCUT2D eigenvalue weighted by molar-refractivity contribution is -0.119. The van der Waals surface area contributed by atoms with Gasteiger partial charge in [-0.05, 0) is 47.9 Å². The van der Waals surface area contributed by atoms with Crippen molar-refractivity contribution in [1.82, 2.24) is 4.90 Å². The number of anilines is 3. The first-order valence-electron chi connectivity index (χ1n) is 13.0. The lowest BCUT2D eigenvalue weighted by Gasteiger charge is -2.41. The molecule has 8 nitrogen and oxygen atoms in total. The van der Waals surface area contributed by atoms with Crippen molar-refractivity contribution in [1.29, 1.82) is 5.26 Å². The predicted molar refractivity (Wildman–Crippen MR) is 145 cm³/mol. The molecular formula is C30H29N5O3. The monoisotopic (exact) mass is 507 g/mol. The van der Waals surface area contributed by atoms with Gasteiger partial charge in [-0.2, -0.15) is 5.26 Å². The van der Waals surface area contributed by atoms with E-state index in [1.807, 2.05) is 54.6 Å². The number of nitriles is 1. The number of piperazine rings is 1. The van der Waals surface area contributed by atoms with Crippen LogP contribution in [0.5, 0.6) is 0 Å². The zero-order chi connectivity index (χ0) is 26.1. The minimum Gasteiger partial charge on any atom is -0.381 e. The summed E-state index contributed by atoms with van der Waals surface area (Å²) in [6.45, 7) is 4.07. The van der Waals surface area contributed by atoms with Gasteiger partial charge >= 0.3 is 0 Å². The Bertz CT molecular complexity index is 1420. The van der Waals surface area contributed by atoms with Crippen molar-refractivity contribution in [3.8, 4) is 6.07 Å². The zero-order valence-corrected chi connectivity index (χ0v) is 21.0. The molecule has 2 unspecified atom stereocenters. The molecule has 3 aromatic rings. The quantitative estimate of drug-likeness (QED) is 0.554. The van der Waals surface area contributed by atoms with Crippen molar-refractivity contribution in [3.63, 3.8) is 0 Å². The molecule has 38 heavy (non-hydrogen) atoms. The van der Waals surface area contributed by atoms with Gasteiger partial charge in [0, 0.05) is 49.7 Å². The normalized spacial score (nSPS) is 21.0. The summed E-state index contributed by atoms with van der Waals surface area (Å²) >= 11 is 0. The molecule has 3 aliphatic rings. The Balaban J connectivity index is 1.21. The van der Waals surface area contributed by atoms with Crippen molar-refractivity contribution in [2.24, 2.45) is 5.92 Å². The standard InChI is InChI=1S/C30H29N5O3/c31-18-21-17-22(32-29(36)20-11-16-38-19-20)9-10-27(21)34-12-14-35(15-13-34)28-23-5-1-2-6-24(23)30(37)33-26-8-4-3-7-25(26)28/h1-10,17,20,28H,11-16,19H2,(H,32,36)(H,33,37). The molecule has 0 saturated carbocycles. The summed E-state index contributed by atoms with van der Waals surface area (Å²) in [6, 6.07) is 23.7. The molecular weight excluding hydrogens is 478 g/mol. The van der Waals surface area contributed by atoms with Crippen LogP contribution >= 0.6 is 0 Å². The molecule has 2 saturated heterocycles. The third kappa shape index (κ3) is 4.51. The Kier molecular flexibility index (Phi) is 6.54. The van der Waals surface area contributed by atoms with E-state index < -0.39 is 0 Å². The third-order valence-electron chi connectivity index (χ3n) is 7.71. The molecule has 6 rings (SSSR count). The van der Waals surface area contributed by atoms with Crippen molar-refractivity contribution >= 4 is 28.9 Å². The first-order chi connectivity index (χ1) is 18.6. The van der Waals surface area contributed by atoms with Crippen LogP contribution in [0.1, 0.15) is 39.5 Å². The Labute approximate surface area is 221 Å². The van der Waals surface area contributed by atoms with Gasteiger partial charge in [-0.3, -0.25) is 14.5 Å². The van der Waals surface area contributed by atoms with Gasteiger partial charge < -0.3 is 20.3 Å². The Hall–Kier alpha value is -4.19. The first kappa shape index (κ1) is 24.2. The van der Waals surface area contributed by atoms with Gasteiger partial charge in [-0.1, -0.05) is 36.4 Å². The van der Waals surface area contributed by atoms with Crippen LogP contribution in [0.2, 0.25) is 0 Å². The number of para-hydroxylation sites is 1. The van der Waals surface area contributed by atoms with Gasteiger partial charge in [0.2, 0.25) is 5.91 Å². The molecule has 3 heterocycles. The molecule has 0 bridgehead atoms. The van der Waals surface area contributed by atoms with Crippen LogP contribution in [0.25, 0.3) is 0 Å². The first-order valence-corrected chi connectivity index (χ1v) is 13.0. The summed E-state index contributed by atoms with van der Waals surface area (Å²) < 4.78 is 5.32. The number of ether oxygens (including phenoxy) is 1. The van der Waals surface area contributed by atoms with E-state index in [2.05, 4.69) is 32.6 Å². The number of hydrogen-bond donors (Lipinski definition) is 2. The van der Waals surface area contributed by atoms with Crippen molar-refractivity contribution in [2.45, 2.75) is 12.5 Å². The van der Waals surface area contributed by atoms with Crippen molar-refractivity contribution < 1.29 is 14.3 Å². The fourth-order valence-electron chi connectivity index (χ4n) is 5.73. The number of benzene rings is 3. The van der Waals surface area contributed by atoms with Crippen LogP contribution in [0, 0.1) is 17.2 Å². The highest BCUT2D eigenvalue weighted by atomic mass is 16.5. The fraction of sp³-hybridized carbons (Fsp3) is 0.300. The van der Waals surface area contributed by atoms with Gasteiger partial charge in [0.1, 0.15) is 6.07 Å². The summed E-state index contributed by atoms with van der Waals surface area (Å²) in [6.07, 6.45) is 0.722. The molecule has 0 radical (unpaired) electrons. The highest BCUT2D eigenvalue weighted by molar-refractivity contribution is 6.07. The number of carbonyl (C=O) groups is 2. The lowest BCUT2D eigenvalue weighted by atomic mass is 9.93. The molecule has 8 heteroatoms. The molecule has 192 valence electrons. The van der Waals surface area contributed by atoms with E-state index in [9.17, 15) is 14.9 Å². The lowest BCUT2D eigenvalue weighted by Crippen LogP contribution is -2.48. The topological polar surface area (TPSA) is 97.7 Å². The van der Waals surface area contributed by atoms with Crippen LogP contribution < -0.4 is 15.5 Å². The molecule has 2 fully saturated rings. The second kappa shape index (κ2) is 10.3. The molecule has 0 spiro atoms. The molecule has 0 aliphatic carbocycles. The second-order valence-electron chi connectivity index (χ2n) is 9.95. The van der Waals surface area contributed by atoms with E-state index >= 15 is 0 Å². The molecule has 2 N–H and O–H groups in total. The van der Waals surface area contributed by atoms with E-state index in [4.69, 9.17) is 4.74 Å². The average Bonchev–Trinajstić information content (AvgIpc) is 3.46. The molecule has 0 aromatic heterocycles. The van der Waals surface area contributed by atoms with Gasteiger partial charge in [0.25, 0.3) is 5.91 Å². The van der Waals surface area contributed by atoms with Gasteiger partial charge in [0.15, 0.2) is 0 Å². The number of fused-ring (bicyclic) bond motifs is 2. The summed E-state index contributed by atoms with van der Waals surface area (Å²) in [4.78, 5) is 30.1. The maximum absolute atomic E-state index is 13.0. The SMILES string of the molecule is N#Cc1cc(NC(=O)C2CCOC2)ccc1N1CCN(C2c3ccccc3NC(=O)c3ccccc32)CC1. The minimum absolute atomic E-state index is 0.0453. The van der Waals surface area contributed by atoms with Crippen LogP contribution in [-0.2, 0) is 9.53 Å². The van der Waals surface area contributed by atoms with Gasteiger partial charge in [-0.15, -0.1) is 0 Å². The van der Waals surface area contributed by atoms with Crippen LogP contribution in [0.4, 0.5) is 17.1 Å². The molecule has 3 aromatic carbocycles. The zero-order valence-electron chi connectivity index (χ0n) is 21.0. The number of amides is 2. The predicted octanol–water partition coefficient (Wildman–Crippen LogP) is 4.01. The largest absolute Gasteiger partial charge is 0.381 e. The fourth-order valence-corrected chi connectivity index (χ4v) is 5.73. The van der Waals surface area contributed by atoms with Gasteiger partial charge in [0.05, 0.1) is 29.8 Å². The Morgan fingerprint density at radius 2 is 1.76 bits per heavy atom. The van der Waals surface area contributed by atoms with E-state index in [0.717, 1.165) is 55.1 Å². The Morgan fingerprint density at radius 1 is 1.00 bits per heavy atom. The smallest absolute Gasteiger partial charge is 0.256 e. The number of carbonyl (C=O) groups excluding carboxylic acids is 2. The van der Waals surface area contributed by atoms with E-state index in [1.165, 1.54) is 0 Å². The number of rotatable bonds is 4.